The van der Waals surface area contributed by atoms with Crippen molar-refractivity contribution in [3.63, 3.8) is 0 Å². The second kappa shape index (κ2) is 7.24. The molecule has 2 saturated carbocycles. The van der Waals surface area contributed by atoms with E-state index in [4.69, 9.17) is 0 Å². The van der Waals surface area contributed by atoms with Gasteiger partial charge < -0.3 is 0 Å². The average molecular weight is 234 g/mol. The van der Waals surface area contributed by atoms with Gasteiger partial charge in [-0.15, -0.1) is 0 Å². The molecule has 0 aliphatic heterocycles. The third-order valence-electron chi connectivity index (χ3n) is 5.00. The van der Waals surface area contributed by atoms with Gasteiger partial charge >= 0.3 is 0 Å². The van der Waals surface area contributed by atoms with Gasteiger partial charge in [0.05, 0.1) is 0 Å². The van der Waals surface area contributed by atoms with Crippen LogP contribution in [0.4, 0.5) is 0 Å². The monoisotopic (exact) mass is 234 g/mol. The lowest BCUT2D eigenvalue weighted by Crippen LogP contribution is -2.23. The van der Waals surface area contributed by atoms with Gasteiger partial charge in [-0.1, -0.05) is 57.6 Å². The van der Waals surface area contributed by atoms with Gasteiger partial charge in [0.25, 0.3) is 0 Å². The summed E-state index contributed by atoms with van der Waals surface area (Å²) in [6.45, 7) is 2.27. The average Bonchev–Trinajstić information content (AvgIpc) is 2.41. The first-order valence-corrected chi connectivity index (χ1v) is 8.06. The molecule has 2 rings (SSSR count). The summed E-state index contributed by atoms with van der Waals surface area (Å²) in [4.78, 5) is 0. The fourth-order valence-electron chi connectivity index (χ4n) is 3.87. The summed E-state index contributed by atoms with van der Waals surface area (Å²) in [5.74, 6) is 3.11. The van der Waals surface area contributed by atoms with Gasteiger partial charge in [0.15, 0.2) is 0 Å². The molecule has 0 heterocycles. The molecule has 0 amide bonds. The minimum absolute atomic E-state index is 0.918. The third-order valence-corrected chi connectivity index (χ3v) is 5.00. The van der Waals surface area contributed by atoms with E-state index in [1.165, 1.54) is 57.8 Å². The van der Waals surface area contributed by atoms with E-state index in [2.05, 4.69) is 19.1 Å². The van der Waals surface area contributed by atoms with Crippen LogP contribution >= 0.6 is 0 Å². The molecule has 2 aliphatic rings. The van der Waals surface area contributed by atoms with Crippen molar-refractivity contribution in [3.8, 4) is 0 Å². The highest BCUT2D eigenvalue weighted by Crippen LogP contribution is 2.40. The highest BCUT2D eigenvalue weighted by Gasteiger charge is 2.27. The third kappa shape index (κ3) is 4.16. The van der Waals surface area contributed by atoms with Crippen LogP contribution in [0.15, 0.2) is 12.2 Å². The van der Waals surface area contributed by atoms with E-state index in [1.807, 2.05) is 0 Å². The number of rotatable bonds is 4. The van der Waals surface area contributed by atoms with E-state index in [-0.39, 0.29) is 0 Å². The number of hydrogen-bond acceptors (Lipinski definition) is 0. The van der Waals surface area contributed by atoms with Crippen LogP contribution < -0.4 is 0 Å². The maximum Gasteiger partial charge on any atom is -0.0233 e. The SMILES string of the molecule is CCCC=CC1CCC(C2CCCCC2)CC1. The van der Waals surface area contributed by atoms with E-state index in [9.17, 15) is 0 Å². The summed E-state index contributed by atoms with van der Waals surface area (Å²) in [6, 6.07) is 0. The predicted octanol–water partition coefficient (Wildman–Crippen LogP) is 5.73. The van der Waals surface area contributed by atoms with Crippen molar-refractivity contribution in [2.24, 2.45) is 17.8 Å². The second-order valence-corrected chi connectivity index (χ2v) is 6.29. The second-order valence-electron chi connectivity index (χ2n) is 6.29. The highest BCUT2D eigenvalue weighted by atomic mass is 14.3. The Balaban J connectivity index is 1.69. The van der Waals surface area contributed by atoms with Crippen LogP contribution in [0.5, 0.6) is 0 Å². The Morgan fingerprint density at radius 1 is 0.824 bits per heavy atom. The quantitative estimate of drug-likeness (QED) is 0.545. The zero-order valence-electron chi connectivity index (χ0n) is 11.7. The van der Waals surface area contributed by atoms with Crippen LogP contribution in [-0.4, -0.2) is 0 Å². The molecule has 0 aromatic heterocycles. The smallest absolute Gasteiger partial charge is 0.0233 e. The molecule has 0 aromatic rings. The van der Waals surface area contributed by atoms with E-state index in [0.717, 1.165) is 17.8 Å². The molecule has 0 aromatic carbocycles. The molecular weight excluding hydrogens is 204 g/mol. The Kier molecular flexibility index (Phi) is 5.61. The minimum atomic E-state index is 0.918. The summed E-state index contributed by atoms with van der Waals surface area (Å²) in [6.07, 6.45) is 21.1. The molecule has 2 fully saturated rings. The van der Waals surface area contributed by atoms with Crippen molar-refractivity contribution in [2.45, 2.75) is 77.6 Å². The van der Waals surface area contributed by atoms with Crippen molar-refractivity contribution in [3.05, 3.63) is 12.2 Å². The lowest BCUT2D eigenvalue weighted by molar-refractivity contribution is 0.180. The van der Waals surface area contributed by atoms with Gasteiger partial charge in [0, 0.05) is 0 Å². The van der Waals surface area contributed by atoms with Gasteiger partial charge in [0.2, 0.25) is 0 Å². The first-order chi connectivity index (χ1) is 8.40. The zero-order chi connectivity index (χ0) is 11.9. The first-order valence-electron chi connectivity index (χ1n) is 8.06. The zero-order valence-corrected chi connectivity index (χ0v) is 11.7. The molecule has 0 heteroatoms. The molecule has 0 N–H and O–H groups in total. The van der Waals surface area contributed by atoms with E-state index in [0.29, 0.717) is 0 Å². The van der Waals surface area contributed by atoms with Gasteiger partial charge in [-0.25, -0.2) is 0 Å². The van der Waals surface area contributed by atoms with Crippen molar-refractivity contribution in [2.75, 3.05) is 0 Å². The maximum absolute atomic E-state index is 2.51. The summed E-state index contributed by atoms with van der Waals surface area (Å²) in [7, 11) is 0. The molecule has 17 heavy (non-hydrogen) atoms. The summed E-state index contributed by atoms with van der Waals surface area (Å²) >= 11 is 0. The Morgan fingerprint density at radius 3 is 2.12 bits per heavy atom. The minimum Gasteiger partial charge on any atom is -0.0883 e. The highest BCUT2D eigenvalue weighted by molar-refractivity contribution is 4.92. The summed E-state index contributed by atoms with van der Waals surface area (Å²) in [5, 5.41) is 0. The van der Waals surface area contributed by atoms with Gasteiger partial charge in [-0.05, 0) is 49.9 Å². The van der Waals surface area contributed by atoms with Crippen LogP contribution in [-0.2, 0) is 0 Å². The fourth-order valence-corrected chi connectivity index (χ4v) is 3.87. The van der Waals surface area contributed by atoms with Crippen LogP contribution in [0, 0.1) is 17.8 Å². The lowest BCUT2D eigenvalue weighted by Gasteiger charge is -2.35. The van der Waals surface area contributed by atoms with E-state index >= 15 is 0 Å². The molecule has 2 aliphatic carbocycles. The summed E-state index contributed by atoms with van der Waals surface area (Å²) in [5.41, 5.74) is 0. The van der Waals surface area contributed by atoms with E-state index < -0.39 is 0 Å². The largest absolute Gasteiger partial charge is 0.0883 e. The Morgan fingerprint density at radius 2 is 1.47 bits per heavy atom. The van der Waals surface area contributed by atoms with Crippen LogP contribution in [0.25, 0.3) is 0 Å². The van der Waals surface area contributed by atoms with Gasteiger partial charge in [-0.3, -0.25) is 0 Å². The number of hydrogen-bond donors (Lipinski definition) is 0. The molecule has 0 unspecified atom stereocenters. The number of allylic oxidation sites excluding steroid dienone is 2. The first kappa shape index (κ1) is 13.2. The molecule has 0 radical (unpaired) electrons. The topological polar surface area (TPSA) is 0 Å². The fraction of sp³-hybridized carbons (Fsp3) is 0.882. The molecular formula is C17H30. The molecule has 0 spiro atoms. The standard InChI is InChI=1S/C17H30/c1-2-3-5-8-15-11-13-17(14-12-15)16-9-6-4-7-10-16/h5,8,15-17H,2-4,6-7,9-14H2,1H3. The van der Waals surface area contributed by atoms with Crippen molar-refractivity contribution >= 4 is 0 Å². The molecule has 0 nitrogen and oxygen atoms in total. The predicted molar refractivity (Wildman–Crippen MR) is 76.1 cm³/mol. The molecule has 98 valence electrons. The van der Waals surface area contributed by atoms with Crippen LogP contribution in [0.2, 0.25) is 0 Å². The van der Waals surface area contributed by atoms with Gasteiger partial charge in [0.1, 0.15) is 0 Å². The maximum atomic E-state index is 2.51. The van der Waals surface area contributed by atoms with E-state index in [1.54, 1.807) is 12.8 Å². The Labute approximate surface area is 108 Å². The Bertz CT molecular complexity index is 214. The Hall–Kier alpha value is -0.260. The number of unbranched alkanes of at least 4 members (excludes halogenated alkanes) is 1. The summed E-state index contributed by atoms with van der Waals surface area (Å²) < 4.78 is 0. The van der Waals surface area contributed by atoms with Gasteiger partial charge in [-0.2, -0.15) is 0 Å². The molecule has 0 bridgehead atoms. The lowest BCUT2D eigenvalue weighted by atomic mass is 9.71. The molecule has 0 atom stereocenters. The van der Waals surface area contributed by atoms with Crippen molar-refractivity contribution in [1.82, 2.24) is 0 Å². The van der Waals surface area contributed by atoms with Crippen LogP contribution in [0.1, 0.15) is 77.6 Å². The molecule has 0 saturated heterocycles. The van der Waals surface area contributed by atoms with Crippen molar-refractivity contribution < 1.29 is 0 Å². The normalized spacial score (nSPS) is 32.1. The van der Waals surface area contributed by atoms with Crippen LogP contribution in [0.3, 0.4) is 0 Å². The van der Waals surface area contributed by atoms with Crippen molar-refractivity contribution in [1.29, 1.82) is 0 Å².